The van der Waals surface area contributed by atoms with Gasteiger partial charge in [-0.15, -0.1) is 0 Å². The van der Waals surface area contributed by atoms with E-state index < -0.39 is 11.9 Å². The molecule has 9 nitrogen and oxygen atoms in total. The molecule has 0 radical (unpaired) electrons. The second-order valence-electron chi connectivity index (χ2n) is 10.8. The Bertz CT molecular complexity index is 1600. The molecule has 1 fully saturated rings. The van der Waals surface area contributed by atoms with Crippen LogP contribution in [0.1, 0.15) is 43.6 Å². The lowest BCUT2D eigenvalue weighted by Gasteiger charge is -2.41. The van der Waals surface area contributed by atoms with Crippen LogP contribution < -0.4 is 10.6 Å². The molecule has 1 atom stereocenters. The predicted octanol–water partition coefficient (Wildman–Crippen LogP) is 4.82. The lowest BCUT2D eigenvalue weighted by molar-refractivity contribution is -0.140. The molecule has 5 rings (SSSR count). The summed E-state index contributed by atoms with van der Waals surface area (Å²) >= 11 is 0. The molecule has 0 aliphatic carbocycles. The first kappa shape index (κ1) is 27.2. The topological polar surface area (TPSA) is 135 Å². The van der Waals surface area contributed by atoms with Crippen LogP contribution >= 0.6 is 0 Å². The number of aryl methyl sites for hydroxylation is 1. The maximum atomic E-state index is 11.8. The molecule has 0 saturated carbocycles. The highest BCUT2D eigenvalue weighted by Gasteiger charge is 2.28. The van der Waals surface area contributed by atoms with Crippen molar-refractivity contribution in [3.05, 3.63) is 71.5 Å². The lowest BCUT2D eigenvalue weighted by atomic mass is 9.98. The number of amidine groups is 2. The van der Waals surface area contributed by atoms with E-state index in [9.17, 15) is 9.90 Å². The maximum absolute atomic E-state index is 11.8. The largest absolute Gasteiger partial charge is 0.481 e. The van der Waals surface area contributed by atoms with Crippen LogP contribution in [0.2, 0.25) is 0 Å². The minimum absolute atomic E-state index is 0.0499. The van der Waals surface area contributed by atoms with Crippen LogP contribution in [-0.2, 0) is 11.3 Å². The molecule has 1 aliphatic heterocycles. The van der Waals surface area contributed by atoms with Crippen molar-refractivity contribution in [2.75, 3.05) is 24.5 Å². The fourth-order valence-corrected chi connectivity index (χ4v) is 5.87. The van der Waals surface area contributed by atoms with Gasteiger partial charge < -0.3 is 25.2 Å². The third kappa shape index (κ3) is 5.23. The molecule has 0 spiro atoms. The van der Waals surface area contributed by atoms with Crippen molar-refractivity contribution in [1.82, 2.24) is 14.5 Å². The van der Waals surface area contributed by atoms with Gasteiger partial charge in [0, 0.05) is 43.5 Å². The Balaban J connectivity index is 1.53. The Morgan fingerprint density at radius 3 is 2.48 bits per heavy atom. The number of nitrogens with two attached hydrogens (primary N) is 1. The molecule has 1 aromatic heterocycles. The average molecular weight is 540 g/mol. The van der Waals surface area contributed by atoms with E-state index in [1.54, 1.807) is 6.92 Å². The number of rotatable bonds is 8. The van der Waals surface area contributed by atoms with Gasteiger partial charge in [0.15, 0.2) is 0 Å². The third-order valence-corrected chi connectivity index (χ3v) is 8.16. The number of hydrogen-bond acceptors (Lipinski definition) is 5. The van der Waals surface area contributed by atoms with Gasteiger partial charge in [-0.2, -0.15) is 0 Å². The van der Waals surface area contributed by atoms with E-state index in [2.05, 4.69) is 32.6 Å². The number of nitrogens with zero attached hydrogens (tertiary/aromatic N) is 4. The van der Waals surface area contributed by atoms with Gasteiger partial charge in [0.05, 0.1) is 22.8 Å². The Labute approximate surface area is 234 Å². The highest BCUT2D eigenvalue weighted by Crippen LogP contribution is 2.30. The van der Waals surface area contributed by atoms with Crippen LogP contribution in [0.5, 0.6) is 0 Å². The Kier molecular flexibility index (Phi) is 7.47. The number of aromatic nitrogens is 2. The van der Waals surface area contributed by atoms with Gasteiger partial charge in [-0.25, -0.2) is 4.98 Å². The number of piperidine rings is 1. The number of hydrogen-bond donors (Lipinski definition) is 4. The van der Waals surface area contributed by atoms with Crippen molar-refractivity contribution < 1.29 is 9.90 Å². The fourth-order valence-electron chi connectivity index (χ4n) is 5.87. The van der Waals surface area contributed by atoms with Gasteiger partial charge in [-0.05, 0) is 61.2 Å². The summed E-state index contributed by atoms with van der Waals surface area (Å²) in [6.45, 7) is 8.19. The summed E-state index contributed by atoms with van der Waals surface area (Å²) < 4.78 is 2.20. The molecular formula is C31H37N7O2. The van der Waals surface area contributed by atoms with Gasteiger partial charge in [-0.3, -0.25) is 15.6 Å². The zero-order valence-corrected chi connectivity index (χ0v) is 23.3. The summed E-state index contributed by atoms with van der Waals surface area (Å²) in [4.78, 5) is 21.0. The molecule has 3 aromatic carbocycles. The van der Waals surface area contributed by atoms with Gasteiger partial charge in [0.2, 0.25) is 0 Å². The number of aliphatic carboxylic acids is 1. The van der Waals surface area contributed by atoms with Crippen molar-refractivity contribution in [2.45, 2.75) is 46.2 Å². The number of carboxylic acids is 1. The number of anilines is 1. The second-order valence-corrected chi connectivity index (χ2v) is 10.8. The first-order chi connectivity index (χ1) is 19.1. The number of fused-ring (bicyclic) bond motifs is 2. The summed E-state index contributed by atoms with van der Waals surface area (Å²) in [7, 11) is 0. The number of nitrogen functional groups attached to an aromatic ring is 1. The van der Waals surface area contributed by atoms with Crippen LogP contribution in [-0.4, -0.2) is 62.9 Å². The van der Waals surface area contributed by atoms with E-state index >= 15 is 0 Å². The van der Waals surface area contributed by atoms with Crippen LogP contribution in [0.15, 0.2) is 54.6 Å². The Morgan fingerprint density at radius 2 is 1.82 bits per heavy atom. The molecule has 0 amide bonds. The van der Waals surface area contributed by atoms with E-state index in [0.29, 0.717) is 18.9 Å². The average Bonchev–Trinajstić information content (AvgIpc) is 3.25. The van der Waals surface area contributed by atoms with Crippen LogP contribution in [0.25, 0.3) is 21.8 Å². The Morgan fingerprint density at radius 1 is 1.12 bits per heavy atom. The van der Waals surface area contributed by atoms with Crippen molar-refractivity contribution >= 4 is 45.1 Å². The molecular weight excluding hydrogens is 502 g/mol. The number of imidazole rings is 1. The van der Waals surface area contributed by atoms with E-state index in [0.717, 1.165) is 70.4 Å². The van der Waals surface area contributed by atoms with Crippen molar-refractivity contribution in [1.29, 1.82) is 10.8 Å². The van der Waals surface area contributed by atoms with E-state index in [1.165, 1.54) is 0 Å². The highest BCUT2D eigenvalue weighted by molar-refractivity contribution is 6.08. The maximum Gasteiger partial charge on any atom is 0.308 e. The zero-order valence-electron chi connectivity index (χ0n) is 23.3. The van der Waals surface area contributed by atoms with Gasteiger partial charge in [0.1, 0.15) is 11.7 Å². The quantitative estimate of drug-likeness (QED) is 0.187. The molecule has 1 aliphatic rings. The number of likely N-dealkylation sites (tertiary alicyclic amines) is 1. The van der Waals surface area contributed by atoms with E-state index in [1.807, 2.05) is 50.2 Å². The standard InChI is InChI=1S/C31H37N7O2/c1-19(31(39)40)17-38(23-12-14-36(15-13-23)20(2)32)24-9-11-28-29(16-24)37(21(3)35-28)18-22-8-10-27(30(33)34)26-7-5-4-6-25(22)26/h4-11,16,19,23,32H,12-15,17-18H2,1-3H3,(H3,33,34)(H,39,40). The smallest absolute Gasteiger partial charge is 0.308 e. The van der Waals surface area contributed by atoms with E-state index in [-0.39, 0.29) is 11.9 Å². The first-order valence-corrected chi connectivity index (χ1v) is 13.8. The molecule has 40 heavy (non-hydrogen) atoms. The second kappa shape index (κ2) is 11.0. The van der Waals surface area contributed by atoms with Gasteiger partial charge in [0.25, 0.3) is 0 Å². The summed E-state index contributed by atoms with van der Waals surface area (Å²) in [5.41, 5.74) is 10.6. The van der Waals surface area contributed by atoms with Gasteiger partial charge in [-0.1, -0.05) is 43.3 Å². The number of nitrogens with one attached hydrogen (secondary N) is 2. The minimum Gasteiger partial charge on any atom is -0.481 e. The van der Waals surface area contributed by atoms with E-state index in [4.69, 9.17) is 21.5 Å². The summed E-state index contributed by atoms with van der Waals surface area (Å²) in [5.74, 6) is 0.200. The number of carbonyl (C=O) groups is 1. The van der Waals surface area contributed by atoms with Crippen molar-refractivity contribution in [2.24, 2.45) is 11.7 Å². The third-order valence-electron chi connectivity index (χ3n) is 8.16. The van der Waals surface area contributed by atoms with Gasteiger partial charge >= 0.3 is 5.97 Å². The zero-order chi connectivity index (χ0) is 28.6. The van der Waals surface area contributed by atoms with Crippen molar-refractivity contribution in [3.8, 4) is 0 Å². The summed E-state index contributed by atoms with van der Waals surface area (Å²) in [6.07, 6.45) is 1.74. The molecule has 5 N–H and O–H groups in total. The molecule has 2 heterocycles. The molecule has 4 aromatic rings. The SMILES string of the molecule is CC(=N)N1CCC(N(CC(C)C(=O)O)c2ccc3nc(C)n(Cc4ccc(C(=N)N)c5ccccc45)c3c2)CC1. The monoisotopic (exact) mass is 539 g/mol. The summed E-state index contributed by atoms with van der Waals surface area (Å²) in [5, 5.41) is 27.7. The van der Waals surface area contributed by atoms with Crippen LogP contribution in [0.3, 0.4) is 0 Å². The normalized spacial score (nSPS) is 14.9. The van der Waals surface area contributed by atoms with Crippen LogP contribution in [0, 0.1) is 23.7 Å². The molecule has 0 bridgehead atoms. The fraction of sp³-hybridized carbons (Fsp3) is 0.355. The lowest BCUT2D eigenvalue weighted by Crippen LogP contribution is -2.48. The molecule has 208 valence electrons. The minimum atomic E-state index is -0.805. The predicted molar refractivity (Wildman–Crippen MR) is 161 cm³/mol. The van der Waals surface area contributed by atoms with Crippen molar-refractivity contribution in [3.63, 3.8) is 0 Å². The molecule has 1 unspecified atom stereocenters. The first-order valence-electron chi connectivity index (χ1n) is 13.8. The molecule has 1 saturated heterocycles. The van der Waals surface area contributed by atoms with Crippen LogP contribution in [0.4, 0.5) is 5.69 Å². The summed E-state index contributed by atoms with van der Waals surface area (Å²) in [6, 6.07) is 18.4. The Hall–Kier alpha value is -4.40. The number of benzene rings is 3. The number of carboxylic acid groups (broad SMARTS) is 1. The highest BCUT2D eigenvalue weighted by atomic mass is 16.4. The molecule has 9 heteroatoms.